The quantitative estimate of drug-likeness (QED) is 0.889. The molecular weight excluding hydrogens is 264 g/mol. The minimum atomic E-state index is -0.0473. The Morgan fingerprint density at radius 3 is 2.16 bits per heavy atom. The molecule has 0 atom stereocenters. The lowest BCUT2D eigenvalue weighted by Crippen LogP contribution is -2.31. The number of nitriles is 2. The molecule has 2 heterocycles. The van der Waals surface area contributed by atoms with Crippen molar-refractivity contribution in [2.24, 2.45) is 0 Å². The first-order valence-corrected chi connectivity index (χ1v) is 6.51. The fraction of sp³-hybridized carbons (Fsp3) is 0.500. The molecule has 1 saturated heterocycles. The standard InChI is InChI=1S/C12H13ClN6/c13-11-12(17-10(8-15)9(7-14)16-11)18-19-5-3-1-2-4-6-19/h1-6H2,(H,17,18). The average molecular weight is 277 g/mol. The third-order valence-electron chi connectivity index (χ3n) is 2.94. The summed E-state index contributed by atoms with van der Waals surface area (Å²) >= 11 is 5.97. The van der Waals surface area contributed by atoms with Crippen LogP contribution >= 0.6 is 11.6 Å². The summed E-state index contributed by atoms with van der Waals surface area (Å²) in [6.07, 6.45) is 4.65. The predicted molar refractivity (Wildman–Crippen MR) is 70.1 cm³/mol. The van der Waals surface area contributed by atoms with Crippen LogP contribution < -0.4 is 5.43 Å². The number of nitrogens with one attached hydrogen (secondary N) is 1. The van der Waals surface area contributed by atoms with Crippen LogP contribution in [0.3, 0.4) is 0 Å². The van der Waals surface area contributed by atoms with Gasteiger partial charge in [0.25, 0.3) is 0 Å². The van der Waals surface area contributed by atoms with Crippen LogP contribution in [0.25, 0.3) is 0 Å². The van der Waals surface area contributed by atoms with Gasteiger partial charge < -0.3 is 5.43 Å². The molecule has 0 unspecified atom stereocenters. The topological polar surface area (TPSA) is 88.6 Å². The molecule has 0 aromatic carbocycles. The summed E-state index contributed by atoms with van der Waals surface area (Å²) in [5.41, 5.74) is 3.03. The molecule has 1 aromatic rings. The lowest BCUT2D eigenvalue weighted by Gasteiger charge is -2.21. The number of rotatable bonds is 2. The normalized spacial score (nSPS) is 16.2. The van der Waals surface area contributed by atoms with Crippen molar-refractivity contribution in [3.8, 4) is 12.1 Å². The molecule has 0 aliphatic carbocycles. The SMILES string of the molecule is N#Cc1nc(Cl)c(NN2CCCCCC2)nc1C#N. The van der Waals surface area contributed by atoms with Gasteiger partial charge in [0, 0.05) is 13.1 Å². The summed E-state index contributed by atoms with van der Waals surface area (Å²) in [4.78, 5) is 7.94. The number of anilines is 1. The van der Waals surface area contributed by atoms with Crippen LogP contribution in [0.1, 0.15) is 37.1 Å². The molecule has 1 aliphatic rings. The van der Waals surface area contributed by atoms with Crippen molar-refractivity contribution in [2.75, 3.05) is 18.5 Å². The van der Waals surface area contributed by atoms with Crippen molar-refractivity contribution in [3.05, 3.63) is 16.5 Å². The zero-order valence-electron chi connectivity index (χ0n) is 10.4. The van der Waals surface area contributed by atoms with E-state index in [9.17, 15) is 0 Å². The van der Waals surface area contributed by atoms with Crippen LogP contribution in [0.2, 0.25) is 5.15 Å². The second-order valence-corrected chi connectivity index (χ2v) is 4.65. The number of halogens is 1. The maximum Gasteiger partial charge on any atom is 0.179 e. The van der Waals surface area contributed by atoms with Crippen LogP contribution in [0.5, 0.6) is 0 Å². The average Bonchev–Trinajstić information content (AvgIpc) is 2.69. The Balaban J connectivity index is 2.20. The van der Waals surface area contributed by atoms with Crippen LogP contribution in [-0.2, 0) is 0 Å². The Bertz CT molecular complexity index is 536. The minimum Gasteiger partial charge on any atom is -0.300 e. The van der Waals surface area contributed by atoms with Crippen LogP contribution in [0.4, 0.5) is 5.82 Å². The monoisotopic (exact) mass is 276 g/mol. The number of hydrogen-bond acceptors (Lipinski definition) is 6. The van der Waals surface area contributed by atoms with Crippen LogP contribution in [-0.4, -0.2) is 28.1 Å². The Kier molecular flexibility index (Phi) is 4.51. The summed E-state index contributed by atoms with van der Waals surface area (Å²) < 4.78 is 0. The molecule has 98 valence electrons. The molecular formula is C12H13ClN6. The van der Waals surface area contributed by atoms with E-state index in [-0.39, 0.29) is 16.5 Å². The molecule has 0 saturated carbocycles. The summed E-state index contributed by atoms with van der Waals surface area (Å²) in [6, 6.07) is 3.66. The van der Waals surface area contributed by atoms with Crippen molar-refractivity contribution < 1.29 is 0 Å². The fourth-order valence-corrected chi connectivity index (χ4v) is 2.14. The van der Waals surface area contributed by atoms with Gasteiger partial charge in [-0.05, 0) is 12.8 Å². The molecule has 1 fully saturated rings. The molecule has 0 spiro atoms. The van der Waals surface area contributed by atoms with E-state index in [1.165, 1.54) is 12.8 Å². The lowest BCUT2D eigenvalue weighted by molar-refractivity contribution is 0.342. The number of nitrogens with zero attached hydrogens (tertiary/aromatic N) is 5. The zero-order valence-corrected chi connectivity index (χ0v) is 11.1. The highest BCUT2D eigenvalue weighted by Crippen LogP contribution is 2.20. The number of hydrogen-bond donors (Lipinski definition) is 1. The third kappa shape index (κ3) is 3.31. The summed E-state index contributed by atoms with van der Waals surface area (Å²) in [7, 11) is 0. The molecule has 0 radical (unpaired) electrons. The Hall–Kier alpha value is -1.89. The van der Waals surface area contributed by atoms with E-state index in [4.69, 9.17) is 22.1 Å². The largest absolute Gasteiger partial charge is 0.300 e. The van der Waals surface area contributed by atoms with E-state index in [1.807, 2.05) is 11.1 Å². The molecule has 1 aromatic heterocycles. The van der Waals surface area contributed by atoms with Gasteiger partial charge in [-0.15, -0.1) is 0 Å². The van der Waals surface area contributed by atoms with Crippen molar-refractivity contribution in [3.63, 3.8) is 0 Å². The first kappa shape index (κ1) is 13.5. The van der Waals surface area contributed by atoms with E-state index < -0.39 is 0 Å². The molecule has 1 aliphatic heterocycles. The van der Waals surface area contributed by atoms with Gasteiger partial charge in [0.1, 0.15) is 12.1 Å². The summed E-state index contributed by atoms with van der Waals surface area (Å²) in [5, 5.41) is 19.9. The predicted octanol–water partition coefficient (Wildman–Crippen LogP) is 2.08. The Morgan fingerprint density at radius 1 is 1.00 bits per heavy atom. The fourth-order valence-electron chi connectivity index (χ4n) is 1.97. The van der Waals surface area contributed by atoms with Gasteiger partial charge in [-0.25, -0.2) is 15.0 Å². The summed E-state index contributed by atoms with van der Waals surface area (Å²) in [5.74, 6) is 0.333. The van der Waals surface area contributed by atoms with Gasteiger partial charge in [0.15, 0.2) is 22.4 Å². The minimum absolute atomic E-state index is 0.00998. The van der Waals surface area contributed by atoms with Gasteiger partial charge >= 0.3 is 0 Å². The van der Waals surface area contributed by atoms with Crippen LogP contribution in [0.15, 0.2) is 0 Å². The Labute approximate surface area is 116 Å². The first-order valence-electron chi connectivity index (χ1n) is 6.14. The second-order valence-electron chi connectivity index (χ2n) is 4.30. The molecule has 2 rings (SSSR count). The van der Waals surface area contributed by atoms with Gasteiger partial charge in [0.05, 0.1) is 0 Å². The second kappa shape index (κ2) is 6.33. The maximum absolute atomic E-state index is 8.93. The summed E-state index contributed by atoms with van der Waals surface area (Å²) in [6.45, 7) is 1.81. The van der Waals surface area contributed by atoms with Gasteiger partial charge in [0.2, 0.25) is 0 Å². The molecule has 6 nitrogen and oxygen atoms in total. The highest BCUT2D eigenvalue weighted by Gasteiger charge is 2.15. The van der Waals surface area contributed by atoms with Gasteiger partial charge in [-0.3, -0.25) is 0 Å². The molecule has 19 heavy (non-hydrogen) atoms. The van der Waals surface area contributed by atoms with Crippen molar-refractivity contribution in [1.82, 2.24) is 15.0 Å². The molecule has 0 bridgehead atoms. The van der Waals surface area contributed by atoms with Gasteiger partial charge in [-0.2, -0.15) is 10.5 Å². The van der Waals surface area contributed by atoms with Crippen molar-refractivity contribution in [1.29, 1.82) is 10.5 Å². The highest BCUT2D eigenvalue weighted by atomic mass is 35.5. The maximum atomic E-state index is 8.93. The van der Waals surface area contributed by atoms with Gasteiger partial charge in [-0.1, -0.05) is 24.4 Å². The zero-order chi connectivity index (χ0) is 13.7. The van der Waals surface area contributed by atoms with E-state index in [2.05, 4.69) is 15.4 Å². The van der Waals surface area contributed by atoms with Crippen molar-refractivity contribution in [2.45, 2.75) is 25.7 Å². The van der Waals surface area contributed by atoms with Crippen molar-refractivity contribution >= 4 is 17.4 Å². The lowest BCUT2D eigenvalue weighted by atomic mass is 10.2. The van der Waals surface area contributed by atoms with E-state index in [0.29, 0.717) is 5.82 Å². The number of hydrazine groups is 1. The first-order chi connectivity index (χ1) is 9.24. The van der Waals surface area contributed by atoms with Crippen LogP contribution in [0, 0.1) is 22.7 Å². The molecule has 7 heteroatoms. The molecule has 1 N–H and O–H groups in total. The molecule has 0 amide bonds. The number of aromatic nitrogens is 2. The smallest absolute Gasteiger partial charge is 0.179 e. The third-order valence-corrected chi connectivity index (χ3v) is 3.20. The van der Waals surface area contributed by atoms with E-state index in [1.54, 1.807) is 6.07 Å². The van der Waals surface area contributed by atoms with E-state index in [0.717, 1.165) is 25.9 Å². The Morgan fingerprint density at radius 2 is 1.58 bits per heavy atom. The van der Waals surface area contributed by atoms with E-state index >= 15 is 0 Å². The highest BCUT2D eigenvalue weighted by molar-refractivity contribution is 6.31.